The fourth-order valence-electron chi connectivity index (χ4n) is 2.49. The molecule has 2 atom stereocenters. The number of amides is 3. The van der Waals surface area contributed by atoms with Crippen LogP contribution in [0.15, 0.2) is 0 Å². The Morgan fingerprint density at radius 2 is 1.76 bits per heavy atom. The summed E-state index contributed by atoms with van der Waals surface area (Å²) in [4.78, 5) is 52.5. The van der Waals surface area contributed by atoms with Crippen molar-refractivity contribution >= 4 is 23.9 Å². The number of carbonyl (C=O) groups excluding carboxylic acids is 4. The molecule has 1 fully saturated rings. The van der Waals surface area contributed by atoms with E-state index in [1.807, 2.05) is 13.8 Å². The van der Waals surface area contributed by atoms with Crippen LogP contribution < -0.4 is 5.32 Å². The van der Waals surface area contributed by atoms with Gasteiger partial charge in [0.05, 0.1) is 0 Å². The molecule has 1 aliphatic heterocycles. The zero-order valence-corrected chi connectivity index (χ0v) is 15.6. The second-order valence-electron chi connectivity index (χ2n) is 7.32. The third-order valence-electron chi connectivity index (χ3n) is 3.58. The van der Waals surface area contributed by atoms with E-state index in [1.54, 1.807) is 20.8 Å². The summed E-state index contributed by atoms with van der Waals surface area (Å²) in [6.45, 7) is 9.10. The number of nitrogens with one attached hydrogen (secondary N) is 1. The number of nitrogens with zero attached hydrogens (tertiary/aromatic N) is 1. The summed E-state index contributed by atoms with van der Waals surface area (Å²) in [5, 5.41) is 2.96. The summed E-state index contributed by atoms with van der Waals surface area (Å²) in [6.07, 6.45) is 1.39. The molecule has 1 heterocycles. The molecule has 0 saturated carbocycles. The first-order valence-corrected chi connectivity index (χ1v) is 8.60. The Bertz CT molecular complexity index is 510. The maximum Gasteiger partial charge on any atom is 0.408 e. The largest absolute Gasteiger partial charge is 0.444 e. The van der Waals surface area contributed by atoms with E-state index in [0.29, 0.717) is 11.5 Å². The molecule has 1 aliphatic rings. The van der Waals surface area contributed by atoms with Crippen molar-refractivity contribution in [2.24, 2.45) is 5.92 Å². The van der Waals surface area contributed by atoms with Crippen molar-refractivity contribution in [1.29, 1.82) is 0 Å². The molecule has 0 aromatic heterocycles. The van der Waals surface area contributed by atoms with Gasteiger partial charge >= 0.3 is 12.1 Å². The van der Waals surface area contributed by atoms with Crippen LogP contribution in [0.3, 0.4) is 0 Å². The fourth-order valence-corrected chi connectivity index (χ4v) is 2.49. The van der Waals surface area contributed by atoms with Crippen LogP contribution in [0.4, 0.5) is 4.79 Å². The smallest absolute Gasteiger partial charge is 0.408 e. The van der Waals surface area contributed by atoms with Gasteiger partial charge in [-0.1, -0.05) is 26.7 Å². The Labute approximate surface area is 148 Å². The van der Waals surface area contributed by atoms with Crippen molar-refractivity contribution in [1.82, 2.24) is 10.4 Å². The fraction of sp³-hybridized carbons (Fsp3) is 0.765. The predicted molar refractivity (Wildman–Crippen MR) is 89.0 cm³/mol. The molecule has 0 aromatic carbocycles. The highest BCUT2D eigenvalue weighted by atomic mass is 16.7. The summed E-state index contributed by atoms with van der Waals surface area (Å²) in [6, 6.07) is -1.00. The summed E-state index contributed by atoms with van der Waals surface area (Å²) in [5.41, 5.74) is -0.714. The van der Waals surface area contributed by atoms with E-state index in [0.717, 1.165) is 12.8 Å². The van der Waals surface area contributed by atoms with Gasteiger partial charge in [-0.05, 0) is 33.1 Å². The van der Waals surface area contributed by atoms with Crippen LogP contribution in [-0.2, 0) is 24.0 Å². The molecule has 0 radical (unpaired) electrons. The van der Waals surface area contributed by atoms with E-state index in [4.69, 9.17) is 9.57 Å². The van der Waals surface area contributed by atoms with Gasteiger partial charge in [0.15, 0.2) is 0 Å². The first-order valence-electron chi connectivity index (χ1n) is 8.60. The lowest BCUT2D eigenvalue weighted by molar-refractivity contribution is -0.199. The normalized spacial score (nSPS) is 17.2. The Balaban J connectivity index is 2.78. The SMILES string of the molecule is CCCC(C)C[C@H](NC(=O)OC(C)(C)C)C(=O)ON1C(=O)CCC1=O. The summed E-state index contributed by atoms with van der Waals surface area (Å²) >= 11 is 0. The zero-order chi connectivity index (χ0) is 19.2. The van der Waals surface area contributed by atoms with E-state index in [2.05, 4.69) is 5.32 Å². The van der Waals surface area contributed by atoms with Gasteiger partial charge in [-0.2, -0.15) is 0 Å². The minimum atomic E-state index is -1.00. The number of alkyl carbamates (subject to hydrolysis) is 1. The van der Waals surface area contributed by atoms with Crippen LogP contribution in [0.2, 0.25) is 0 Å². The zero-order valence-electron chi connectivity index (χ0n) is 15.6. The Morgan fingerprint density at radius 3 is 2.24 bits per heavy atom. The number of rotatable bonds is 7. The highest BCUT2D eigenvalue weighted by Crippen LogP contribution is 2.17. The molecule has 0 aromatic rings. The lowest BCUT2D eigenvalue weighted by Gasteiger charge is -2.25. The molecule has 1 unspecified atom stereocenters. The van der Waals surface area contributed by atoms with Gasteiger partial charge in [0.25, 0.3) is 11.8 Å². The van der Waals surface area contributed by atoms with Crippen LogP contribution in [0, 0.1) is 5.92 Å². The van der Waals surface area contributed by atoms with Crippen LogP contribution in [0.5, 0.6) is 0 Å². The van der Waals surface area contributed by atoms with E-state index in [-0.39, 0.29) is 18.8 Å². The molecule has 0 bridgehead atoms. The van der Waals surface area contributed by atoms with E-state index < -0.39 is 35.5 Å². The number of hydrogen-bond acceptors (Lipinski definition) is 6. The lowest BCUT2D eigenvalue weighted by Crippen LogP contribution is -2.47. The molecule has 8 nitrogen and oxygen atoms in total. The standard InChI is InChI=1S/C17H28N2O6/c1-6-7-11(2)10-12(18-16(23)24-17(3,4)5)15(22)25-19-13(20)8-9-14(19)21/h11-12H,6-10H2,1-5H3,(H,18,23)/t11?,12-/m0/s1. The van der Waals surface area contributed by atoms with E-state index in [1.165, 1.54) is 0 Å². The molecular weight excluding hydrogens is 328 g/mol. The number of imide groups is 1. The van der Waals surface area contributed by atoms with Gasteiger partial charge in [-0.15, -0.1) is 5.06 Å². The molecule has 1 saturated heterocycles. The topological polar surface area (TPSA) is 102 Å². The quantitative estimate of drug-likeness (QED) is 0.702. The first kappa shape index (κ1) is 20.9. The molecular formula is C17H28N2O6. The molecule has 25 heavy (non-hydrogen) atoms. The van der Waals surface area contributed by atoms with E-state index in [9.17, 15) is 19.2 Å². The van der Waals surface area contributed by atoms with Crippen molar-refractivity contribution in [3.63, 3.8) is 0 Å². The molecule has 0 spiro atoms. The molecule has 0 aliphatic carbocycles. The Kier molecular flexibility index (Phi) is 7.38. The van der Waals surface area contributed by atoms with Crippen LogP contribution in [-0.4, -0.2) is 40.6 Å². The summed E-state index contributed by atoms with van der Waals surface area (Å²) in [7, 11) is 0. The van der Waals surface area contributed by atoms with Crippen molar-refractivity contribution in [2.75, 3.05) is 0 Å². The maximum absolute atomic E-state index is 12.4. The number of hydroxylamine groups is 2. The second kappa shape index (κ2) is 8.82. The van der Waals surface area contributed by atoms with Crippen molar-refractivity contribution in [2.45, 2.75) is 78.4 Å². The number of carbonyl (C=O) groups is 4. The maximum atomic E-state index is 12.4. The van der Waals surface area contributed by atoms with Gasteiger partial charge in [-0.25, -0.2) is 9.59 Å². The van der Waals surface area contributed by atoms with Crippen molar-refractivity contribution in [3.8, 4) is 0 Å². The minimum absolute atomic E-state index is 0.0164. The van der Waals surface area contributed by atoms with Crippen molar-refractivity contribution in [3.05, 3.63) is 0 Å². The Hall–Kier alpha value is -2.12. The highest BCUT2D eigenvalue weighted by molar-refractivity contribution is 6.01. The molecule has 8 heteroatoms. The van der Waals surface area contributed by atoms with Gasteiger partial charge < -0.3 is 14.9 Å². The molecule has 142 valence electrons. The van der Waals surface area contributed by atoms with Gasteiger partial charge in [-0.3, -0.25) is 9.59 Å². The average Bonchev–Trinajstić information content (AvgIpc) is 2.76. The second-order valence-corrected chi connectivity index (χ2v) is 7.32. The first-order chi connectivity index (χ1) is 11.5. The average molecular weight is 356 g/mol. The Morgan fingerprint density at radius 1 is 1.20 bits per heavy atom. The number of hydrogen-bond donors (Lipinski definition) is 1. The lowest BCUT2D eigenvalue weighted by atomic mass is 9.97. The predicted octanol–water partition coefficient (Wildman–Crippen LogP) is 2.31. The molecule has 1 N–H and O–H groups in total. The van der Waals surface area contributed by atoms with E-state index >= 15 is 0 Å². The van der Waals surface area contributed by atoms with Gasteiger partial charge in [0.2, 0.25) is 0 Å². The van der Waals surface area contributed by atoms with Crippen LogP contribution >= 0.6 is 0 Å². The minimum Gasteiger partial charge on any atom is -0.444 e. The van der Waals surface area contributed by atoms with Crippen LogP contribution in [0.25, 0.3) is 0 Å². The van der Waals surface area contributed by atoms with Crippen molar-refractivity contribution < 1.29 is 28.8 Å². The third kappa shape index (κ3) is 7.11. The van der Waals surface area contributed by atoms with Crippen LogP contribution in [0.1, 0.15) is 66.7 Å². The van der Waals surface area contributed by atoms with Gasteiger partial charge in [0.1, 0.15) is 11.6 Å². The molecule has 1 rings (SSSR count). The van der Waals surface area contributed by atoms with Gasteiger partial charge in [0, 0.05) is 12.8 Å². The third-order valence-corrected chi connectivity index (χ3v) is 3.58. The summed E-state index contributed by atoms with van der Waals surface area (Å²) in [5.74, 6) is -1.83. The highest BCUT2D eigenvalue weighted by Gasteiger charge is 2.36. The monoisotopic (exact) mass is 356 g/mol. The molecule has 3 amide bonds. The summed E-state index contributed by atoms with van der Waals surface area (Å²) < 4.78 is 5.17. The number of ether oxygens (including phenoxy) is 1.